The highest BCUT2D eigenvalue weighted by Gasteiger charge is 2.18. The first-order valence-corrected chi connectivity index (χ1v) is 8.29. The van der Waals surface area contributed by atoms with Gasteiger partial charge in [-0.1, -0.05) is 13.8 Å². The lowest BCUT2D eigenvalue weighted by molar-refractivity contribution is 0.580. The Labute approximate surface area is 107 Å². The smallest absolute Gasteiger partial charge is 0.159 e. The Morgan fingerprint density at radius 2 is 2.00 bits per heavy atom. The number of hydrogen-bond acceptors (Lipinski definition) is 5. The van der Waals surface area contributed by atoms with Crippen molar-refractivity contribution in [2.75, 3.05) is 0 Å². The third-order valence-electron chi connectivity index (χ3n) is 2.33. The second-order valence-corrected chi connectivity index (χ2v) is 8.12. The van der Waals surface area contributed by atoms with Crippen LogP contribution in [0.1, 0.15) is 38.4 Å². The van der Waals surface area contributed by atoms with E-state index in [0.717, 1.165) is 5.69 Å². The number of nitrogens with one attached hydrogen (secondary N) is 1. The lowest BCUT2D eigenvalue weighted by Gasteiger charge is -2.05. The maximum absolute atomic E-state index is 11.7. The summed E-state index contributed by atoms with van der Waals surface area (Å²) in [5.41, 5.74) is 0.914. The molecule has 1 aromatic rings. The zero-order valence-electron chi connectivity index (χ0n) is 10.7. The molecule has 0 aromatic carbocycles. The first-order chi connectivity index (χ1) is 7.81. The van der Waals surface area contributed by atoms with Crippen LogP contribution in [0.5, 0.6) is 0 Å². The normalized spacial score (nSPS) is 12.6. The van der Waals surface area contributed by atoms with Crippen LogP contribution in [0.25, 0.3) is 0 Å². The predicted octanol–water partition coefficient (Wildman–Crippen LogP) is 1.96. The van der Waals surface area contributed by atoms with E-state index in [0.29, 0.717) is 17.6 Å². The molecule has 6 heteroatoms. The number of sulfone groups is 1. The maximum Gasteiger partial charge on any atom is 0.159 e. The van der Waals surface area contributed by atoms with Crippen LogP contribution in [-0.4, -0.2) is 24.7 Å². The Kier molecular flexibility index (Phi) is 5.09. The van der Waals surface area contributed by atoms with Crippen LogP contribution < -0.4 is 5.32 Å². The second kappa shape index (κ2) is 5.93. The summed E-state index contributed by atoms with van der Waals surface area (Å²) in [5, 5.41) is 5.51. The van der Waals surface area contributed by atoms with E-state index >= 15 is 0 Å². The fraction of sp³-hybridized carbons (Fsp3) is 0.727. The molecular weight excluding hydrogens is 256 g/mol. The number of aromatic nitrogens is 1. The largest absolute Gasteiger partial charge is 0.309 e. The summed E-state index contributed by atoms with van der Waals surface area (Å²) in [5.74, 6) is 0.0526. The van der Waals surface area contributed by atoms with Crippen LogP contribution in [0, 0.1) is 0 Å². The van der Waals surface area contributed by atoms with E-state index in [-0.39, 0.29) is 11.0 Å². The van der Waals surface area contributed by atoms with Crippen molar-refractivity contribution in [3.8, 4) is 0 Å². The Morgan fingerprint density at radius 1 is 1.35 bits per heavy atom. The second-order valence-electron chi connectivity index (χ2n) is 4.62. The van der Waals surface area contributed by atoms with Gasteiger partial charge in [-0.05, 0) is 13.8 Å². The Hall–Kier alpha value is -0.460. The maximum atomic E-state index is 11.7. The van der Waals surface area contributed by atoms with Gasteiger partial charge in [0.2, 0.25) is 0 Å². The summed E-state index contributed by atoms with van der Waals surface area (Å²) in [6, 6.07) is 0.402. The SMILES string of the molecule is CC(C)NCc1csc(CS(=O)(=O)C(C)C)n1. The van der Waals surface area contributed by atoms with Crippen LogP contribution >= 0.6 is 11.3 Å². The topological polar surface area (TPSA) is 59.1 Å². The summed E-state index contributed by atoms with van der Waals surface area (Å²) < 4.78 is 23.5. The predicted molar refractivity (Wildman–Crippen MR) is 71.8 cm³/mol. The van der Waals surface area contributed by atoms with Crippen molar-refractivity contribution in [1.82, 2.24) is 10.3 Å². The van der Waals surface area contributed by atoms with Gasteiger partial charge >= 0.3 is 0 Å². The fourth-order valence-corrected chi connectivity index (χ4v) is 3.23. The molecule has 0 amide bonds. The van der Waals surface area contributed by atoms with Crippen molar-refractivity contribution in [1.29, 1.82) is 0 Å². The summed E-state index contributed by atoms with van der Waals surface area (Å²) in [7, 11) is -3.04. The van der Waals surface area contributed by atoms with Crippen molar-refractivity contribution in [3.63, 3.8) is 0 Å². The van der Waals surface area contributed by atoms with E-state index in [9.17, 15) is 8.42 Å². The molecule has 98 valence electrons. The number of rotatable bonds is 6. The van der Waals surface area contributed by atoms with Crippen molar-refractivity contribution in [2.24, 2.45) is 0 Å². The van der Waals surface area contributed by atoms with Crippen LogP contribution in [0.4, 0.5) is 0 Å². The molecule has 0 bridgehead atoms. The number of hydrogen-bond donors (Lipinski definition) is 1. The highest BCUT2D eigenvalue weighted by Crippen LogP contribution is 2.15. The molecule has 1 rings (SSSR count). The van der Waals surface area contributed by atoms with E-state index in [2.05, 4.69) is 24.1 Å². The zero-order chi connectivity index (χ0) is 13.1. The van der Waals surface area contributed by atoms with Crippen molar-refractivity contribution in [2.45, 2.75) is 51.3 Å². The van der Waals surface area contributed by atoms with Crippen molar-refractivity contribution >= 4 is 21.2 Å². The number of nitrogens with zero attached hydrogens (tertiary/aromatic N) is 1. The summed E-state index contributed by atoms with van der Waals surface area (Å²) in [6.45, 7) is 8.22. The molecule has 0 radical (unpaired) electrons. The molecule has 0 saturated heterocycles. The Balaban J connectivity index is 2.63. The molecule has 0 saturated carbocycles. The first kappa shape index (κ1) is 14.6. The zero-order valence-corrected chi connectivity index (χ0v) is 12.4. The van der Waals surface area contributed by atoms with Gasteiger partial charge in [-0.3, -0.25) is 0 Å². The van der Waals surface area contributed by atoms with E-state index in [1.54, 1.807) is 13.8 Å². The van der Waals surface area contributed by atoms with Gasteiger partial charge in [0.15, 0.2) is 9.84 Å². The Morgan fingerprint density at radius 3 is 2.53 bits per heavy atom. The van der Waals surface area contributed by atoms with E-state index in [1.165, 1.54) is 11.3 Å². The van der Waals surface area contributed by atoms with Gasteiger partial charge in [0.1, 0.15) is 10.8 Å². The average molecular weight is 276 g/mol. The van der Waals surface area contributed by atoms with Crippen LogP contribution in [0.3, 0.4) is 0 Å². The highest BCUT2D eigenvalue weighted by atomic mass is 32.2. The summed E-state index contributed by atoms with van der Waals surface area (Å²) >= 11 is 1.42. The van der Waals surface area contributed by atoms with Gasteiger partial charge in [-0.15, -0.1) is 11.3 Å². The minimum absolute atomic E-state index is 0.0526. The van der Waals surface area contributed by atoms with Gasteiger partial charge < -0.3 is 5.32 Å². The molecule has 0 aliphatic carbocycles. The monoisotopic (exact) mass is 276 g/mol. The molecule has 0 aliphatic rings. The molecule has 4 nitrogen and oxygen atoms in total. The first-order valence-electron chi connectivity index (χ1n) is 5.69. The molecule has 1 aromatic heterocycles. The number of thiazole rings is 1. The lowest BCUT2D eigenvalue weighted by atomic mass is 10.4. The summed E-state index contributed by atoms with van der Waals surface area (Å²) in [6.07, 6.45) is 0. The third kappa shape index (κ3) is 4.73. The minimum Gasteiger partial charge on any atom is -0.309 e. The molecule has 0 unspecified atom stereocenters. The molecule has 1 heterocycles. The van der Waals surface area contributed by atoms with E-state index in [1.807, 2.05) is 5.38 Å². The van der Waals surface area contributed by atoms with Crippen LogP contribution in [-0.2, 0) is 22.1 Å². The molecular formula is C11H20N2O2S2. The van der Waals surface area contributed by atoms with Gasteiger partial charge in [-0.25, -0.2) is 13.4 Å². The van der Waals surface area contributed by atoms with Gasteiger partial charge in [-0.2, -0.15) is 0 Å². The molecule has 0 aliphatic heterocycles. The van der Waals surface area contributed by atoms with Crippen LogP contribution in [0.15, 0.2) is 5.38 Å². The summed E-state index contributed by atoms with van der Waals surface area (Å²) in [4.78, 5) is 4.33. The average Bonchev–Trinajstić information content (AvgIpc) is 2.61. The molecule has 0 spiro atoms. The molecule has 17 heavy (non-hydrogen) atoms. The highest BCUT2D eigenvalue weighted by molar-refractivity contribution is 7.91. The molecule has 0 fully saturated rings. The van der Waals surface area contributed by atoms with Crippen molar-refractivity contribution in [3.05, 3.63) is 16.1 Å². The van der Waals surface area contributed by atoms with Gasteiger partial charge in [0.05, 0.1) is 10.9 Å². The fourth-order valence-electron chi connectivity index (χ4n) is 1.14. The van der Waals surface area contributed by atoms with Gasteiger partial charge in [0.25, 0.3) is 0 Å². The van der Waals surface area contributed by atoms with E-state index in [4.69, 9.17) is 0 Å². The standard InChI is InChI=1S/C11H20N2O2S2/c1-8(2)12-5-10-6-16-11(13-10)7-17(14,15)9(3)4/h6,8-9,12H,5,7H2,1-4H3. The van der Waals surface area contributed by atoms with Crippen LogP contribution in [0.2, 0.25) is 0 Å². The molecule has 1 N–H and O–H groups in total. The quantitative estimate of drug-likeness (QED) is 0.863. The van der Waals surface area contributed by atoms with E-state index < -0.39 is 9.84 Å². The van der Waals surface area contributed by atoms with Gasteiger partial charge in [0, 0.05) is 18.0 Å². The Bertz CT molecular complexity index is 450. The van der Waals surface area contributed by atoms with Crippen molar-refractivity contribution < 1.29 is 8.42 Å². The minimum atomic E-state index is -3.04. The lowest BCUT2D eigenvalue weighted by Crippen LogP contribution is -2.22. The molecule has 0 atom stereocenters. The third-order valence-corrected chi connectivity index (χ3v) is 5.53.